The van der Waals surface area contributed by atoms with E-state index in [1.54, 1.807) is 17.0 Å². The van der Waals surface area contributed by atoms with Crippen LogP contribution in [0.2, 0.25) is 0 Å². The van der Waals surface area contributed by atoms with Crippen LogP contribution in [-0.2, 0) is 11.3 Å². The third kappa shape index (κ3) is 4.09. The van der Waals surface area contributed by atoms with Crippen molar-refractivity contribution in [1.29, 1.82) is 0 Å². The maximum absolute atomic E-state index is 13.3. The molecule has 0 saturated carbocycles. The van der Waals surface area contributed by atoms with E-state index >= 15 is 0 Å². The molecule has 1 aromatic carbocycles. The van der Waals surface area contributed by atoms with Crippen molar-refractivity contribution in [3.63, 3.8) is 0 Å². The van der Waals surface area contributed by atoms with E-state index in [0.717, 1.165) is 5.56 Å². The Bertz CT molecular complexity index is 409. The van der Waals surface area contributed by atoms with Crippen molar-refractivity contribution in [2.75, 3.05) is 6.54 Å². The molecule has 0 saturated heterocycles. The largest absolute Gasteiger partial charge is 0.480 e. The van der Waals surface area contributed by atoms with Gasteiger partial charge in [0.25, 0.3) is 0 Å². The van der Waals surface area contributed by atoms with Crippen molar-refractivity contribution in [1.82, 2.24) is 4.90 Å². The van der Waals surface area contributed by atoms with Crippen LogP contribution < -0.4 is 0 Å². The van der Waals surface area contributed by atoms with Crippen molar-refractivity contribution in [2.24, 2.45) is 0 Å². The minimum absolute atomic E-state index is 0.0549. The average Bonchev–Trinajstić information content (AvgIpc) is 2.22. The van der Waals surface area contributed by atoms with Gasteiger partial charge in [0, 0.05) is 12.6 Å². The standard InChI is InChI=1S/C12H15BrFNO2/c1-8(2)15(7-11(16)17)6-9-4-3-5-10(14)12(9)13/h3-5,8H,6-7H2,1-2H3,(H,16,17). The lowest BCUT2D eigenvalue weighted by Gasteiger charge is -2.25. The topological polar surface area (TPSA) is 40.5 Å². The first-order valence-electron chi connectivity index (χ1n) is 5.30. The number of carboxylic acids is 1. The summed E-state index contributed by atoms with van der Waals surface area (Å²) in [5.74, 6) is -1.22. The van der Waals surface area contributed by atoms with Crippen LogP contribution in [0.3, 0.4) is 0 Å². The summed E-state index contributed by atoms with van der Waals surface area (Å²) < 4.78 is 13.7. The summed E-state index contributed by atoms with van der Waals surface area (Å²) in [5, 5.41) is 8.81. The highest BCUT2D eigenvalue weighted by molar-refractivity contribution is 9.10. The van der Waals surface area contributed by atoms with Gasteiger partial charge in [-0.15, -0.1) is 0 Å². The van der Waals surface area contributed by atoms with E-state index in [1.807, 2.05) is 13.8 Å². The van der Waals surface area contributed by atoms with E-state index in [4.69, 9.17) is 5.11 Å². The first-order valence-corrected chi connectivity index (χ1v) is 6.10. The molecule has 0 atom stereocenters. The second-order valence-electron chi connectivity index (χ2n) is 4.11. The molecule has 1 rings (SSSR count). The Kier molecular flexibility index (Phi) is 5.08. The summed E-state index contributed by atoms with van der Waals surface area (Å²) >= 11 is 3.17. The molecule has 3 nitrogen and oxygen atoms in total. The molecule has 1 aromatic rings. The number of nitrogens with zero attached hydrogens (tertiary/aromatic N) is 1. The maximum atomic E-state index is 13.3. The van der Waals surface area contributed by atoms with Crippen molar-refractivity contribution in [2.45, 2.75) is 26.4 Å². The number of hydrogen-bond acceptors (Lipinski definition) is 2. The molecule has 0 spiro atoms. The van der Waals surface area contributed by atoms with Crippen molar-refractivity contribution in [3.8, 4) is 0 Å². The second-order valence-corrected chi connectivity index (χ2v) is 4.90. The molecule has 17 heavy (non-hydrogen) atoms. The summed E-state index contributed by atoms with van der Waals surface area (Å²) in [5.41, 5.74) is 0.750. The highest BCUT2D eigenvalue weighted by Crippen LogP contribution is 2.22. The Balaban J connectivity index is 2.86. The van der Waals surface area contributed by atoms with Crippen LogP contribution in [0.15, 0.2) is 22.7 Å². The molecular formula is C12H15BrFNO2. The molecule has 0 aromatic heterocycles. The average molecular weight is 304 g/mol. The zero-order valence-electron chi connectivity index (χ0n) is 9.78. The molecule has 94 valence electrons. The zero-order chi connectivity index (χ0) is 13.0. The van der Waals surface area contributed by atoms with Gasteiger partial charge < -0.3 is 5.11 Å². The van der Waals surface area contributed by atoms with Gasteiger partial charge in [-0.3, -0.25) is 9.69 Å². The lowest BCUT2D eigenvalue weighted by atomic mass is 10.2. The van der Waals surface area contributed by atoms with Gasteiger partial charge in [-0.2, -0.15) is 0 Å². The summed E-state index contributed by atoms with van der Waals surface area (Å²) in [6.07, 6.45) is 0. The Morgan fingerprint density at radius 3 is 2.71 bits per heavy atom. The first kappa shape index (κ1) is 14.1. The van der Waals surface area contributed by atoms with Gasteiger partial charge in [-0.25, -0.2) is 4.39 Å². The van der Waals surface area contributed by atoms with Gasteiger partial charge in [-0.1, -0.05) is 12.1 Å². The van der Waals surface area contributed by atoms with Gasteiger partial charge in [-0.05, 0) is 41.4 Å². The van der Waals surface area contributed by atoms with Crippen LogP contribution in [0.1, 0.15) is 19.4 Å². The molecule has 0 fully saturated rings. The highest BCUT2D eigenvalue weighted by Gasteiger charge is 2.16. The van der Waals surface area contributed by atoms with Crippen LogP contribution in [0.4, 0.5) is 4.39 Å². The fourth-order valence-electron chi connectivity index (χ4n) is 1.48. The molecule has 0 amide bonds. The highest BCUT2D eigenvalue weighted by atomic mass is 79.9. The van der Waals surface area contributed by atoms with E-state index in [0.29, 0.717) is 11.0 Å². The van der Waals surface area contributed by atoms with E-state index < -0.39 is 5.97 Å². The fraction of sp³-hybridized carbons (Fsp3) is 0.417. The van der Waals surface area contributed by atoms with Crippen LogP contribution in [0, 0.1) is 5.82 Å². The van der Waals surface area contributed by atoms with E-state index in [-0.39, 0.29) is 18.4 Å². The van der Waals surface area contributed by atoms with E-state index in [2.05, 4.69) is 15.9 Å². The summed E-state index contributed by atoms with van der Waals surface area (Å²) in [4.78, 5) is 12.5. The Morgan fingerprint density at radius 2 is 2.18 bits per heavy atom. The number of aliphatic carboxylic acids is 1. The quantitative estimate of drug-likeness (QED) is 0.909. The number of halogens is 2. The maximum Gasteiger partial charge on any atom is 0.317 e. The number of carboxylic acid groups (broad SMARTS) is 1. The lowest BCUT2D eigenvalue weighted by Crippen LogP contribution is -2.35. The monoisotopic (exact) mass is 303 g/mol. The molecule has 0 heterocycles. The SMILES string of the molecule is CC(C)N(CC(=O)O)Cc1cccc(F)c1Br. The third-order valence-electron chi connectivity index (χ3n) is 2.47. The molecule has 0 aliphatic carbocycles. The predicted molar refractivity (Wildman–Crippen MR) is 67.3 cm³/mol. The molecular weight excluding hydrogens is 289 g/mol. The minimum atomic E-state index is -0.883. The van der Waals surface area contributed by atoms with Crippen molar-refractivity contribution < 1.29 is 14.3 Å². The predicted octanol–water partition coefficient (Wildman–Crippen LogP) is 2.88. The van der Waals surface area contributed by atoms with Gasteiger partial charge in [0.05, 0.1) is 11.0 Å². The fourth-order valence-corrected chi connectivity index (χ4v) is 1.87. The molecule has 0 bridgehead atoms. The van der Waals surface area contributed by atoms with E-state index in [1.165, 1.54) is 6.07 Å². The number of carbonyl (C=O) groups is 1. The number of hydrogen-bond donors (Lipinski definition) is 1. The van der Waals surface area contributed by atoms with Crippen molar-refractivity contribution in [3.05, 3.63) is 34.1 Å². The Hall–Kier alpha value is -0.940. The third-order valence-corrected chi connectivity index (χ3v) is 3.36. The molecule has 0 aliphatic heterocycles. The summed E-state index contributed by atoms with van der Waals surface area (Å²) in [6.45, 7) is 4.18. The lowest BCUT2D eigenvalue weighted by molar-refractivity contribution is -0.138. The van der Waals surface area contributed by atoms with Gasteiger partial charge >= 0.3 is 5.97 Å². The van der Waals surface area contributed by atoms with E-state index in [9.17, 15) is 9.18 Å². The van der Waals surface area contributed by atoms with Crippen LogP contribution in [0.25, 0.3) is 0 Å². The molecule has 0 radical (unpaired) electrons. The van der Waals surface area contributed by atoms with Crippen LogP contribution >= 0.6 is 15.9 Å². The van der Waals surface area contributed by atoms with Crippen molar-refractivity contribution >= 4 is 21.9 Å². The Morgan fingerprint density at radius 1 is 1.53 bits per heavy atom. The first-order chi connectivity index (χ1) is 7.91. The Labute approximate surface area is 108 Å². The van der Waals surface area contributed by atoms with Gasteiger partial charge in [0.15, 0.2) is 0 Å². The number of benzene rings is 1. The minimum Gasteiger partial charge on any atom is -0.480 e. The smallest absolute Gasteiger partial charge is 0.317 e. The summed E-state index contributed by atoms with van der Waals surface area (Å²) in [6, 6.07) is 4.85. The molecule has 0 aliphatic rings. The van der Waals surface area contributed by atoms with Gasteiger partial charge in [0.1, 0.15) is 5.82 Å². The van der Waals surface area contributed by atoms with Gasteiger partial charge in [0.2, 0.25) is 0 Å². The van der Waals surface area contributed by atoms with Crippen LogP contribution in [0.5, 0.6) is 0 Å². The normalized spacial score (nSPS) is 11.2. The second kappa shape index (κ2) is 6.12. The number of rotatable bonds is 5. The molecule has 5 heteroatoms. The van der Waals surface area contributed by atoms with Crippen LogP contribution in [-0.4, -0.2) is 28.6 Å². The molecule has 1 N–H and O–H groups in total. The molecule has 0 unspecified atom stereocenters. The summed E-state index contributed by atoms with van der Waals surface area (Å²) in [7, 11) is 0. The zero-order valence-corrected chi connectivity index (χ0v) is 11.4.